The highest BCUT2D eigenvalue weighted by atomic mass is 32.1. The van der Waals surface area contributed by atoms with Crippen molar-refractivity contribution in [2.24, 2.45) is 0 Å². The van der Waals surface area contributed by atoms with E-state index in [-0.39, 0.29) is 5.91 Å². The lowest BCUT2D eigenvalue weighted by atomic mass is 10.2. The summed E-state index contributed by atoms with van der Waals surface area (Å²) in [6.07, 6.45) is 1.69. The quantitative estimate of drug-likeness (QED) is 0.582. The number of carbonyl (C=O) groups is 2. The molecule has 24 heavy (non-hydrogen) atoms. The fourth-order valence-electron chi connectivity index (χ4n) is 2.00. The summed E-state index contributed by atoms with van der Waals surface area (Å²) in [7, 11) is 0. The van der Waals surface area contributed by atoms with Crippen molar-refractivity contribution < 1.29 is 14.3 Å². The maximum atomic E-state index is 12.3. The van der Waals surface area contributed by atoms with Gasteiger partial charge < -0.3 is 4.74 Å². The van der Waals surface area contributed by atoms with Gasteiger partial charge in [0.05, 0.1) is 5.69 Å². The number of hydrogen-bond acceptors (Lipinski definition) is 6. The maximum Gasteiger partial charge on any atom is 0.308 e. The largest absolute Gasteiger partial charge is 0.427 e. The van der Waals surface area contributed by atoms with Gasteiger partial charge in [-0.1, -0.05) is 12.1 Å². The summed E-state index contributed by atoms with van der Waals surface area (Å²) in [5, 5.41) is 5.03. The number of anilines is 1. The highest BCUT2D eigenvalue weighted by molar-refractivity contribution is 7.14. The zero-order valence-corrected chi connectivity index (χ0v) is 13.5. The molecule has 0 saturated heterocycles. The summed E-state index contributed by atoms with van der Waals surface area (Å²) in [5.74, 6) is -0.443. The normalized spacial score (nSPS) is 10.2. The second-order valence-electron chi connectivity index (χ2n) is 4.83. The molecule has 0 radical (unpaired) electrons. The molecule has 0 unspecified atom stereocenters. The van der Waals surface area contributed by atoms with Gasteiger partial charge in [0.25, 0.3) is 5.91 Å². The number of hydrogen-bond donors (Lipinski definition) is 1. The van der Waals surface area contributed by atoms with Gasteiger partial charge in [0.15, 0.2) is 5.13 Å². The van der Waals surface area contributed by atoms with Crippen molar-refractivity contribution >= 4 is 28.3 Å². The fraction of sp³-hybridized carbons (Fsp3) is 0.0588. The molecule has 0 saturated carbocycles. The van der Waals surface area contributed by atoms with E-state index in [1.54, 1.807) is 24.4 Å². The Hall–Kier alpha value is -3.06. The van der Waals surface area contributed by atoms with Crippen molar-refractivity contribution in [2.75, 3.05) is 5.32 Å². The molecule has 1 amide bonds. The molecule has 0 atom stereocenters. The minimum Gasteiger partial charge on any atom is -0.427 e. The molecule has 3 rings (SSSR count). The third-order valence-electron chi connectivity index (χ3n) is 3.01. The fourth-order valence-corrected chi connectivity index (χ4v) is 2.70. The van der Waals surface area contributed by atoms with E-state index in [2.05, 4.69) is 15.3 Å². The lowest BCUT2D eigenvalue weighted by Crippen LogP contribution is -2.12. The lowest BCUT2D eigenvalue weighted by molar-refractivity contribution is -0.131. The minimum atomic E-state index is -0.438. The van der Waals surface area contributed by atoms with Crippen LogP contribution in [0.3, 0.4) is 0 Å². The Morgan fingerprint density at radius 3 is 2.75 bits per heavy atom. The van der Waals surface area contributed by atoms with Gasteiger partial charge in [0.1, 0.15) is 11.4 Å². The molecule has 1 N–H and O–H groups in total. The number of nitrogens with one attached hydrogen (secondary N) is 1. The van der Waals surface area contributed by atoms with Crippen LogP contribution in [-0.4, -0.2) is 21.8 Å². The topological polar surface area (TPSA) is 81.2 Å². The Morgan fingerprint density at radius 1 is 1.12 bits per heavy atom. The summed E-state index contributed by atoms with van der Waals surface area (Å²) in [6.45, 7) is 1.31. The smallest absolute Gasteiger partial charge is 0.308 e. The van der Waals surface area contributed by atoms with E-state index in [1.165, 1.54) is 24.3 Å². The summed E-state index contributed by atoms with van der Waals surface area (Å²) >= 11 is 1.31. The van der Waals surface area contributed by atoms with Gasteiger partial charge in [-0.3, -0.25) is 19.9 Å². The highest BCUT2D eigenvalue weighted by Gasteiger charge is 2.11. The van der Waals surface area contributed by atoms with Crippen molar-refractivity contribution in [1.82, 2.24) is 9.97 Å². The van der Waals surface area contributed by atoms with Crippen LogP contribution >= 0.6 is 11.3 Å². The Balaban J connectivity index is 1.73. The number of aromatic nitrogens is 2. The monoisotopic (exact) mass is 339 g/mol. The van der Waals surface area contributed by atoms with Crippen molar-refractivity contribution in [1.29, 1.82) is 0 Å². The molecule has 120 valence electrons. The van der Waals surface area contributed by atoms with Gasteiger partial charge in [0, 0.05) is 24.1 Å². The molecule has 6 nitrogen and oxygen atoms in total. The Morgan fingerprint density at radius 2 is 2.00 bits per heavy atom. The summed E-state index contributed by atoms with van der Waals surface area (Å²) in [6, 6.07) is 12.0. The van der Waals surface area contributed by atoms with E-state index in [4.69, 9.17) is 4.74 Å². The average Bonchev–Trinajstić information content (AvgIpc) is 3.04. The van der Waals surface area contributed by atoms with Crippen molar-refractivity contribution in [3.05, 3.63) is 59.6 Å². The highest BCUT2D eigenvalue weighted by Crippen LogP contribution is 2.24. The first-order valence-electron chi connectivity index (χ1n) is 7.08. The Bertz CT molecular complexity index is 878. The molecule has 1 aromatic carbocycles. The van der Waals surface area contributed by atoms with E-state index >= 15 is 0 Å². The first-order chi connectivity index (χ1) is 11.6. The van der Waals surface area contributed by atoms with Crippen molar-refractivity contribution in [3.8, 4) is 17.1 Å². The third-order valence-corrected chi connectivity index (χ3v) is 3.77. The van der Waals surface area contributed by atoms with Crippen LogP contribution in [0.5, 0.6) is 5.75 Å². The average molecular weight is 339 g/mol. The number of ether oxygens (including phenoxy) is 1. The number of nitrogens with zero attached hydrogens (tertiary/aromatic N) is 2. The number of esters is 1. The van der Waals surface area contributed by atoms with E-state index in [1.807, 2.05) is 23.6 Å². The molecule has 0 aliphatic rings. The Kier molecular flexibility index (Phi) is 4.62. The summed E-state index contributed by atoms with van der Waals surface area (Å²) in [5.41, 5.74) is 1.82. The van der Waals surface area contributed by atoms with Crippen LogP contribution in [0, 0.1) is 0 Å². The van der Waals surface area contributed by atoms with Crippen LogP contribution < -0.4 is 10.1 Å². The molecule has 0 spiro atoms. The second-order valence-corrected chi connectivity index (χ2v) is 5.69. The van der Waals surface area contributed by atoms with Gasteiger partial charge >= 0.3 is 5.97 Å². The minimum absolute atomic E-state index is 0.323. The lowest BCUT2D eigenvalue weighted by Gasteiger charge is -2.04. The first kappa shape index (κ1) is 15.8. The van der Waals surface area contributed by atoms with E-state index in [0.717, 1.165) is 5.69 Å². The van der Waals surface area contributed by atoms with Crippen LogP contribution in [0.2, 0.25) is 0 Å². The molecular weight excluding hydrogens is 326 g/mol. The van der Waals surface area contributed by atoms with Gasteiger partial charge in [-0.15, -0.1) is 11.3 Å². The standard InChI is InChI=1S/C17H13N3O3S/c1-11(21)23-13-6-4-5-12(9-13)16(22)20-17-19-15(10-24-17)14-7-2-3-8-18-14/h2-10H,1H3,(H,19,20,22). The number of thiazole rings is 1. The van der Waals surface area contributed by atoms with Gasteiger partial charge in [-0.05, 0) is 30.3 Å². The molecule has 7 heteroatoms. The van der Waals surface area contributed by atoms with Crippen molar-refractivity contribution in [3.63, 3.8) is 0 Å². The molecule has 0 aliphatic heterocycles. The first-order valence-corrected chi connectivity index (χ1v) is 7.96. The zero-order chi connectivity index (χ0) is 16.9. The summed E-state index contributed by atoms with van der Waals surface area (Å²) in [4.78, 5) is 31.9. The van der Waals surface area contributed by atoms with Crippen LogP contribution in [0.25, 0.3) is 11.4 Å². The van der Waals surface area contributed by atoms with Crippen LogP contribution in [0.15, 0.2) is 54.0 Å². The number of rotatable bonds is 4. The second kappa shape index (κ2) is 7.01. The third kappa shape index (κ3) is 3.82. The number of pyridine rings is 1. The zero-order valence-electron chi connectivity index (χ0n) is 12.7. The predicted molar refractivity (Wildman–Crippen MR) is 91.0 cm³/mol. The molecule has 2 heterocycles. The van der Waals surface area contributed by atoms with Crippen LogP contribution in [-0.2, 0) is 4.79 Å². The number of carbonyl (C=O) groups excluding carboxylic acids is 2. The SMILES string of the molecule is CC(=O)Oc1cccc(C(=O)Nc2nc(-c3ccccn3)cs2)c1. The molecule has 2 aromatic heterocycles. The molecule has 0 fully saturated rings. The molecule has 0 aliphatic carbocycles. The Labute approximate surface area is 142 Å². The van der Waals surface area contributed by atoms with Crippen molar-refractivity contribution in [2.45, 2.75) is 6.92 Å². The number of benzene rings is 1. The van der Waals surface area contributed by atoms with Gasteiger partial charge in [-0.25, -0.2) is 4.98 Å². The van der Waals surface area contributed by atoms with Gasteiger partial charge in [-0.2, -0.15) is 0 Å². The van der Waals surface area contributed by atoms with Gasteiger partial charge in [0.2, 0.25) is 0 Å². The van der Waals surface area contributed by atoms with E-state index in [9.17, 15) is 9.59 Å². The predicted octanol–water partition coefficient (Wildman–Crippen LogP) is 3.38. The molecule has 3 aromatic rings. The number of amides is 1. The maximum absolute atomic E-state index is 12.3. The van der Waals surface area contributed by atoms with Crippen LogP contribution in [0.1, 0.15) is 17.3 Å². The summed E-state index contributed by atoms with van der Waals surface area (Å²) < 4.78 is 4.98. The molecule has 0 bridgehead atoms. The van der Waals surface area contributed by atoms with Crippen LogP contribution in [0.4, 0.5) is 5.13 Å². The van der Waals surface area contributed by atoms with E-state index in [0.29, 0.717) is 22.1 Å². The molecular formula is C17H13N3O3S. The van der Waals surface area contributed by atoms with E-state index < -0.39 is 5.97 Å².